The fourth-order valence-corrected chi connectivity index (χ4v) is 2.86. The van der Waals surface area contributed by atoms with Gasteiger partial charge in [-0.2, -0.15) is 4.98 Å². The van der Waals surface area contributed by atoms with Crippen molar-refractivity contribution >= 4 is 11.8 Å². The zero-order valence-electron chi connectivity index (χ0n) is 13.3. The number of nitrogens with one attached hydrogen (secondary N) is 1. The first kappa shape index (κ1) is 14.8. The first-order valence-corrected chi connectivity index (χ1v) is 8.25. The number of rotatable bonds is 6. The molecule has 2 aromatic rings. The van der Waals surface area contributed by atoms with E-state index in [4.69, 9.17) is 0 Å². The monoisotopic (exact) mass is 296 g/mol. The van der Waals surface area contributed by atoms with Crippen LogP contribution in [0.4, 0.5) is 11.8 Å². The Balaban J connectivity index is 1.65. The van der Waals surface area contributed by atoms with E-state index in [-0.39, 0.29) is 0 Å². The summed E-state index contributed by atoms with van der Waals surface area (Å²) in [6, 6.07) is 10.6. The molecule has 1 aliphatic heterocycles. The van der Waals surface area contributed by atoms with Crippen LogP contribution in [0.3, 0.4) is 0 Å². The molecule has 3 rings (SSSR count). The minimum absolute atomic E-state index is 0.829. The molecule has 0 atom stereocenters. The topological polar surface area (TPSA) is 41.1 Å². The molecule has 1 aromatic carbocycles. The van der Waals surface area contributed by atoms with E-state index in [0.29, 0.717) is 0 Å². The number of aromatic nitrogens is 2. The van der Waals surface area contributed by atoms with Gasteiger partial charge in [-0.15, -0.1) is 0 Å². The van der Waals surface area contributed by atoms with Crippen molar-refractivity contribution in [2.75, 3.05) is 23.3 Å². The highest BCUT2D eigenvalue weighted by atomic mass is 15.3. The van der Waals surface area contributed by atoms with Crippen LogP contribution in [0.25, 0.3) is 0 Å². The lowest BCUT2D eigenvalue weighted by Gasteiger charge is -2.28. The van der Waals surface area contributed by atoms with Crippen LogP contribution in [0.15, 0.2) is 36.5 Å². The molecule has 0 aliphatic carbocycles. The van der Waals surface area contributed by atoms with Gasteiger partial charge in [-0.05, 0) is 30.0 Å². The van der Waals surface area contributed by atoms with Crippen molar-refractivity contribution in [2.45, 2.75) is 39.2 Å². The summed E-state index contributed by atoms with van der Waals surface area (Å²) in [4.78, 5) is 11.4. The van der Waals surface area contributed by atoms with Gasteiger partial charge in [-0.25, -0.2) is 4.98 Å². The molecule has 0 unspecified atom stereocenters. The number of unbranched alkanes of at least 4 members (excludes halogenated alkanes) is 2. The lowest BCUT2D eigenvalue weighted by Crippen LogP contribution is -2.31. The second-order valence-electron chi connectivity index (χ2n) is 5.82. The van der Waals surface area contributed by atoms with Crippen LogP contribution in [-0.4, -0.2) is 23.1 Å². The molecule has 0 radical (unpaired) electrons. The number of benzene rings is 1. The van der Waals surface area contributed by atoms with Gasteiger partial charge in [0.15, 0.2) is 0 Å². The summed E-state index contributed by atoms with van der Waals surface area (Å²) in [6.07, 6.45) is 6.60. The highest BCUT2D eigenvalue weighted by molar-refractivity contribution is 5.44. The molecule has 0 saturated heterocycles. The van der Waals surface area contributed by atoms with Crippen LogP contribution in [0.1, 0.15) is 37.3 Å². The second-order valence-corrected chi connectivity index (χ2v) is 5.82. The Hall–Kier alpha value is -2.10. The Morgan fingerprint density at radius 3 is 2.86 bits per heavy atom. The van der Waals surface area contributed by atoms with Crippen molar-refractivity contribution in [1.29, 1.82) is 0 Å². The highest BCUT2D eigenvalue weighted by Crippen LogP contribution is 2.22. The first-order chi connectivity index (χ1) is 10.9. The van der Waals surface area contributed by atoms with E-state index in [1.165, 1.54) is 30.4 Å². The Morgan fingerprint density at radius 1 is 1.14 bits per heavy atom. The maximum atomic E-state index is 4.67. The van der Waals surface area contributed by atoms with Crippen LogP contribution in [0, 0.1) is 0 Å². The number of nitrogens with zero attached hydrogens (tertiary/aromatic N) is 3. The summed E-state index contributed by atoms with van der Waals surface area (Å²) in [7, 11) is 0. The Labute approximate surface area is 132 Å². The second kappa shape index (κ2) is 7.25. The molecule has 4 nitrogen and oxygen atoms in total. The van der Waals surface area contributed by atoms with Gasteiger partial charge in [-0.1, -0.05) is 44.0 Å². The van der Waals surface area contributed by atoms with Crippen molar-refractivity contribution in [3.8, 4) is 0 Å². The van der Waals surface area contributed by atoms with E-state index in [9.17, 15) is 0 Å². The summed E-state index contributed by atoms with van der Waals surface area (Å²) in [5.74, 6) is 1.76. The number of anilines is 2. The van der Waals surface area contributed by atoms with E-state index in [1.54, 1.807) is 0 Å². The third kappa shape index (κ3) is 3.56. The van der Waals surface area contributed by atoms with Gasteiger partial charge in [0.05, 0.1) is 0 Å². The fraction of sp³-hybridized carbons (Fsp3) is 0.444. The molecule has 0 saturated carbocycles. The van der Waals surface area contributed by atoms with Gasteiger partial charge in [0.25, 0.3) is 0 Å². The van der Waals surface area contributed by atoms with Crippen molar-refractivity contribution in [1.82, 2.24) is 9.97 Å². The van der Waals surface area contributed by atoms with E-state index >= 15 is 0 Å². The lowest BCUT2D eigenvalue weighted by atomic mass is 10.0. The molecule has 116 valence electrons. The van der Waals surface area contributed by atoms with Crippen LogP contribution < -0.4 is 10.2 Å². The fourth-order valence-electron chi connectivity index (χ4n) is 2.86. The van der Waals surface area contributed by atoms with Crippen LogP contribution in [0.5, 0.6) is 0 Å². The number of fused-ring (bicyclic) bond motifs is 1. The molecule has 2 heterocycles. The van der Waals surface area contributed by atoms with E-state index < -0.39 is 0 Å². The van der Waals surface area contributed by atoms with Crippen LogP contribution >= 0.6 is 0 Å². The van der Waals surface area contributed by atoms with E-state index in [2.05, 4.69) is 51.4 Å². The third-order valence-corrected chi connectivity index (χ3v) is 4.14. The maximum absolute atomic E-state index is 4.67. The van der Waals surface area contributed by atoms with Gasteiger partial charge < -0.3 is 10.2 Å². The lowest BCUT2D eigenvalue weighted by molar-refractivity contribution is 0.706. The molecule has 1 aromatic heterocycles. The number of hydrogen-bond acceptors (Lipinski definition) is 4. The minimum atomic E-state index is 0.829. The maximum Gasteiger partial charge on any atom is 0.227 e. The molecule has 0 fully saturated rings. The quantitative estimate of drug-likeness (QED) is 0.826. The summed E-state index contributed by atoms with van der Waals surface area (Å²) in [5, 5.41) is 3.40. The van der Waals surface area contributed by atoms with Crippen molar-refractivity contribution < 1.29 is 0 Å². The molecule has 1 N–H and O–H groups in total. The van der Waals surface area contributed by atoms with Gasteiger partial charge in [0, 0.05) is 25.8 Å². The molecular formula is C18H24N4. The molecule has 0 spiro atoms. The Kier molecular flexibility index (Phi) is 4.88. The molecule has 22 heavy (non-hydrogen) atoms. The third-order valence-electron chi connectivity index (χ3n) is 4.14. The zero-order chi connectivity index (χ0) is 15.2. The molecule has 0 amide bonds. The standard InChI is InChI=1S/C18H24N4/c1-2-3-6-11-19-17-9-12-20-18(21-17)22-13-10-15-7-4-5-8-16(15)14-22/h4-5,7-9,12H,2-3,6,10-11,13-14H2,1H3,(H,19,20,21). The summed E-state index contributed by atoms with van der Waals surface area (Å²) in [6.45, 7) is 5.08. The Morgan fingerprint density at radius 2 is 2.00 bits per heavy atom. The van der Waals surface area contributed by atoms with E-state index in [1.807, 2.05) is 12.3 Å². The van der Waals surface area contributed by atoms with Crippen molar-refractivity contribution in [2.24, 2.45) is 0 Å². The largest absolute Gasteiger partial charge is 0.370 e. The average Bonchev–Trinajstić information content (AvgIpc) is 2.59. The van der Waals surface area contributed by atoms with Crippen LogP contribution in [0.2, 0.25) is 0 Å². The summed E-state index contributed by atoms with van der Waals surface area (Å²) in [5.41, 5.74) is 2.84. The van der Waals surface area contributed by atoms with Crippen molar-refractivity contribution in [3.63, 3.8) is 0 Å². The van der Waals surface area contributed by atoms with Crippen molar-refractivity contribution in [3.05, 3.63) is 47.7 Å². The predicted octanol–water partition coefficient (Wildman–Crippen LogP) is 3.64. The molecule has 4 heteroatoms. The SMILES string of the molecule is CCCCCNc1ccnc(N2CCc3ccccc3C2)n1. The minimum Gasteiger partial charge on any atom is -0.370 e. The van der Waals surface area contributed by atoms with Gasteiger partial charge >= 0.3 is 0 Å². The van der Waals surface area contributed by atoms with E-state index in [0.717, 1.165) is 37.8 Å². The normalized spacial score (nSPS) is 13.8. The number of hydrogen-bond donors (Lipinski definition) is 1. The zero-order valence-corrected chi connectivity index (χ0v) is 13.3. The molecule has 1 aliphatic rings. The van der Waals surface area contributed by atoms with Gasteiger partial charge in [0.1, 0.15) is 5.82 Å². The smallest absolute Gasteiger partial charge is 0.227 e. The Bertz CT molecular complexity index is 612. The van der Waals surface area contributed by atoms with Crippen LogP contribution in [-0.2, 0) is 13.0 Å². The first-order valence-electron chi connectivity index (χ1n) is 8.25. The summed E-state index contributed by atoms with van der Waals surface area (Å²) < 4.78 is 0. The molecule has 0 bridgehead atoms. The average molecular weight is 296 g/mol. The summed E-state index contributed by atoms with van der Waals surface area (Å²) >= 11 is 0. The molecular weight excluding hydrogens is 272 g/mol. The predicted molar refractivity (Wildman–Crippen MR) is 91.2 cm³/mol. The highest BCUT2D eigenvalue weighted by Gasteiger charge is 2.18. The van der Waals surface area contributed by atoms with Gasteiger partial charge in [0.2, 0.25) is 5.95 Å². The van der Waals surface area contributed by atoms with Gasteiger partial charge in [-0.3, -0.25) is 0 Å².